The molecule has 15 heavy (non-hydrogen) atoms. The van der Waals surface area contributed by atoms with Gasteiger partial charge in [-0.3, -0.25) is 0 Å². The molecule has 0 aliphatic heterocycles. The van der Waals surface area contributed by atoms with Crippen LogP contribution >= 0.6 is 23.2 Å². The number of halogens is 3. The molecule has 0 saturated heterocycles. The Balaban J connectivity index is 2.48. The highest BCUT2D eigenvalue weighted by atomic mass is 35.5. The van der Waals surface area contributed by atoms with Crippen LogP contribution in [0.5, 0.6) is 0 Å². The van der Waals surface area contributed by atoms with Gasteiger partial charge in [-0.2, -0.15) is 0 Å². The van der Waals surface area contributed by atoms with Gasteiger partial charge in [0, 0.05) is 11.6 Å². The summed E-state index contributed by atoms with van der Waals surface area (Å²) in [5.41, 5.74) is 0.979. The molecule has 0 radical (unpaired) electrons. The molecule has 0 bridgehead atoms. The minimum absolute atomic E-state index is 0.222. The predicted molar refractivity (Wildman–Crippen MR) is 56.5 cm³/mol. The fourth-order valence-electron chi connectivity index (χ4n) is 1.20. The van der Waals surface area contributed by atoms with E-state index in [-0.39, 0.29) is 11.7 Å². The molecule has 0 atom stereocenters. The molecule has 0 amide bonds. The fraction of sp³-hybridized carbons (Fsp3) is 0.100. The van der Waals surface area contributed by atoms with Gasteiger partial charge in [-0.1, -0.05) is 16.8 Å². The molecule has 1 aromatic carbocycles. The van der Waals surface area contributed by atoms with E-state index in [2.05, 4.69) is 5.16 Å². The van der Waals surface area contributed by atoms with E-state index >= 15 is 0 Å². The molecule has 0 aliphatic rings. The van der Waals surface area contributed by atoms with E-state index in [1.54, 1.807) is 6.07 Å². The first-order chi connectivity index (χ1) is 7.20. The van der Waals surface area contributed by atoms with Crippen LogP contribution in [0.15, 0.2) is 28.8 Å². The zero-order valence-electron chi connectivity index (χ0n) is 7.51. The molecule has 2 nitrogen and oxygen atoms in total. The van der Waals surface area contributed by atoms with Crippen molar-refractivity contribution in [2.75, 3.05) is 0 Å². The fourth-order valence-corrected chi connectivity index (χ4v) is 1.54. The highest BCUT2D eigenvalue weighted by molar-refractivity contribution is 6.33. The maximum Gasteiger partial charge on any atom is 0.152 e. The van der Waals surface area contributed by atoms with Crippen LogP contribution < -0.4 is 0 Å². The van der Waals surface area contributed by atoms with Gasteiger partial charge in [-0.15, -0.1) is 11.6 Å². The summed E-state index contributed by atoms with van der Waals surface area (Å²) >= 11 is 11.5. The summed E-state index contributed by atoms with van der Waals surface area (Å²) in [7, 11) is 0. The molecule has 78 valence electrons. The molecule has 0 unspecified atom stereocenters. The van der Waals surface area contributed by atoms with Crippen LogP contribution in [0.25, 0.3) is 11.3 Å². The topological polar surface area (TPSA) is 26.0 Å². The lowest BCUT2D eigenvalue weighted by molar-refractivity contribution is 0.396. The molecule has 1 aromatic heterocycles. The van der Waals surface area contributed by atoms with Gasteiger partial charge in [0.2, 0.25) is 0 Å². The first kappa shape index (κ1) is 10.5. The van der Waals surface area contributed by atoms with Gasteiger partial charge in [0.05, 0.1) is 10.9 Å². The zero-order chi connectivity index (χ0) is 10.8. The Hall–Kier alpha value is -1.06. The van der Waals surface area contributed by atoms with E-state index in [0.717, 1.165) is 0 Å². The summed E-state index contributed by atoms with van der Waals surface area (Å²) in [6.07, 6.45) is 0. The van der Waals surface area contributed by atoms with Gasteiger partial charge in [0.25, 0.3) is 0 Å². The smallest absolute Gasteiger partial charge is 0.152 e. The lowest BCUT2D eigenvalue weighted by Crippen LogP contribution is -1.81. The van der Waals surface area contributed by atoms with Gasteiger partial charge in [-0.25, -0.2) is 4.39 Å². The van der Waals surface area contributed by atoms with Crippen molar-refractivity contribution in [2.24, 2.45) is 0 Å². The van der Waals surface area contributed by atoms with Crippen LogP contribution in [0.2, 0.25) is 5.02 Å². The molecule has 5 heteroatoms. The van der Waals surface area contributed by atoms with Crippen LogP contribution in [0.4, 0.5) is 4.39 Å². The largest absolute Gasteiger partial charge is 0.359 e. The van der Waals surface area contributed by atoms with Crippen LogP contribution in [0.3, 0.4) is 0 Å². The van der Waals surface area contributed by atoms with Gasteiger partial charge < -0.3 is 4.52 Å². The number of hydrogen-bond acceptors (Lipinski definition) is 2. The van der Waals surface area contributed by atoms with E-state index < -0.39 is 0 Å². The second-order valence-electron chi connectivity index (χ2n) is 2.94. The molecular formula is C10H6Cl2FNO. The van der Waals surface area contributed by atoms with Crippen molar-refractivity contribution in [3.05, 3.63) is 40.9 Å². The first-order valence-electron chi connectivity index (χ1n) is 4.17. The maximum atomic E-state index is 13.0. The van der Waals surface area contributed by atoms with Crippen LogP contribution in [0.1, 0.15) is 5.76 Å². The standard InChI is InChI=1S/C10H6Cl2FNO/c11-5-7-4-10(14-15-7)8-3-6(13)1-2-9(8)12/h1-4H,5H2. The Morgan fingerprint density at radius 1 is 1.33 bits per heavy atom. The van der Waals surface area contributed by atoms with E-state index in [4.69, 9.17) is 27.7 Å². The average molecular weight is 246 g/mol. The normalized spacial score (nSPS) is 10.6. The molecule has 2 aromatic rings. The maximum absolute atomic E-state index is 13.0. The highest BCUT2D eigenvalue weighted by Crippen LogP contribution is 2.28. The Morgan fingerprint density at radius 3 is 2.80 bits per heavy atom. The molecule has 0 saturated carbocycles. The molecule has 0 spiro atoms. The monoisotopic (exact) mass is 245 g/mol. The van der Waals surface area contributed by atoms with Crippen molar-refractivity contribution in [3.63, 3.8) is 0 Å². The summed E-state index contributed by atoms with van der Waals surface area (Å²) < 4.78 is 17.9. The number of rotatable bonds is 2. The quantitative estimate of drug-likeness (QED) is 0.751. The van der Waals surface area contributed by atoms with E-state index in [9.17, 15) is 4.39 Å². The van der Waals surface area contributed by atoms with E-state index in [1.165, 1.54) is 18.2 Å². The lowest BCUT2D eigenvalue weighted by atomic mass is 10.1. The van der Waals surface area contributed by atoms with Crippen LogP contribution in [0, 0.1) is 5.82 Å². The Bertz CT molecular complexity index is 484. The highest BCUT2D eigenvalue weighted by Gasteiger charge is 2.10. The summed E-state index contributed by atoms with van der Waals surface area (Å²) in [4.78, 5) is 0. The van der Waals surface area contributed by atoms with Crippen molar-refractivity contribution in [1.29, 1.82) is 0 Å². The van der Waals surface area contributed by atoms with Crippen molar-refractivity contribution < 1.29 is 8.91 Å². The minimum Gasteiger partial charge on any atom is -0.359 e. The van der Waals surface area contributed by atoms with Gasteiger partial charge in [0.15, 0.2) is 5.76 Å². The zero-order valence-corrected chi connectivity index (χ0v) is 9.02. The SMILES string of the molecule is Fc1ccc(Cl)c(-c2cc(CCl)on2)c1. The van der Waals surface area contributed by atoms with E-state index in [0.29, 0.717) is 22.0 Å². The third-order valence-corrected chi connectivity index (χ3v) is 2.49. The molecule has 1 heterocycles. The second-order valence-corrected chi connectivity index (χ2v) is 3.61. The minimum atomic E-state index is -0.371. The van der Waals surface area contributed by atoms with Crippen molar-refractivity contribution in [3.8, 4) is 11.3 Å². The number of benzene rings is 1. The summed E-state index contributed by atoms with van der Waals surface area (Å²) in [6.45, 7) is 0. The summed E-state index contributed by atoms with van der Waals surface area (Å²) in [5.74, 6) is 0.372. The lowest BCUT2D eigenvalue weighted by Gasteiger charge is -1.98. The Labute approximate surface area is 95.6 Å². The second kappa shape index (κ2) is 4.21. The van der Waals surface area contributed by atoms with Crippen molar-refractivity contribution in [1.82, 2.24) is 5.16 Å². The third-order valence-electron chi connectivity index (χ3n) is 1.90. The van der Waals surface area contributed by atoms with Crippen LogP contribution in [-0.2, 0) is 5.88 Å². The Kier molecular flexibility index (Phi) is 2.93. The number of hydrogen-bond donors (Lipinski definition) is 0. The summed E-state index contributed by atoms with van der Waals surface area (Å²) in [6, 6.07) is 5.70. The van der Waals surface area contributed by atoms with Gasteiger partial charge in [-0.05, 0) is 18.2 Å². The van der Waals surface area contributed by atoms with Gasteiger partial charge >= 0.3 is 0 Å². The number of aromatic nitrogens is 1. The number of nitrogens with zero attached hydrogens (tertiary/aromatic N) is 1. The van der Waals surface area contributed by atoms with E-state index in [1.807, 2.05) is 0 Å². The Morgan fingerprint density at radius 2 is 2.13 bits per heavy atom. The average Bonchev–Trinajstić information content (AvgIpc) is 2.70. The summed E-state index contributed by atoms with van der Waals surface area (Å²) in [5, 5.41) is 4.17. The number of alkyl halides is 1. The van der Waals surface area contributed by atoms with Crippen LogP contribution in [-0.4, -0.2) is 5.16 Å². The molecule has 0 aliphatic carbocycles. The first-order valence-corrected chi connectivity index (χ1v) is 5.09. The molecular weight excluding hydrogens is 240 g/mol. The van der Waals surface area contributed by atoms with Gasteiger partial charge in [0.1, 0.15) is 11.5 Å². The molecule has 2 rings (SSSR count). The molecule has 0 N–H and O–H groups in total. The molecule has 0 fully saturated rings. The van der Waals surface area contributed by atoms with Crippen molar-refractivity contribution in [2.45, 2.75) is 5.88 Å². The van der Waals surface area contributed by atoms with Crippen molar-refractivity contribution >= 4 is 23.2 Å². The predicted octanol–water partition coefficient (Wildman–Crippen LogP) is 3.87. The third kappa shape index (κ3) is 2.13.